The molecule has 1 aromatic carbocycles. The van der Waals surface area contributed by atoms with Gasteiger partial charge >= 0.3 is 0 Å². The zero-order valence-corrected chi connectivity index (χ0v) is 15.7. The Kier molecular flexibility index (Phi) is 9.22. The molecule has 0 spiro atoms. The summed E-state index contributed by atoms with van der Waals surface area (Å²) in [5, 5.41) is 3.31. The van der Waals surface area contributed by atoms with E-state index in [1.54, 1.807) is 7.11 Å². The van der Waals surface area contributed by atoms with Crippen molar-refractivity contribution < 1.29 is 9.47 Å². The largest absolute Gasteiger partial charge is 0.490 e. The molecule has 22 heavy (non-hydrogen) atoms. The minimum atomic E-state index is 0. The molecule has 1 aliphatic heterocycles. The number of likely N-dealkylation sites (tertiary alicyclic amines) is 1. The van der Waals surface area contributed by atoms with Crippen LogP contribution in [-0.4, -0.2) is 57.4 Å². The first-order valence-corrected chi connectivity index (χ1v) is 7.49. The van der Waals surface area contributed by atoms with Gasteiger partial charge in [-0.2, -0.15) is 0 Å². The highest BCUT2D eigenvalue weighted by molar-refractivity contribution is 14.0. The van der Waals surface area contributed by atoms with Gasteiger partial charge in [-0.05, 0) is 12.1 Å². The lowest BCUT2D eigenvalue weighted by molar-refractivity contribution is 0.129. The van der Waals surface area contributed by atoms with E-state index in [1.165, 1.54) is 0 Å². The highest BCUT2D eigenvalue weighted by Crippen LogP contribution is 2.18. The maximum Gasteiger partial charge on any atom is 0.193 e. The number of guanidine groups is 1. The molecule has 5 nitrogen and oxygen atoms in total. The standard InChI is InChI=1S/C16H25N3O2.HI/c1-17-16(18-10-13-20-2)19-11-8-15(9-12-19)21-14-6-4-3-5-7-14;/h3-7,15H,8-13H2,1-2H3,(H,17,18);1H. The topological polar surface area (TPSA) is 46.1 Å². The molecule has 1 saturated heterocycles. The molecule has 0 atom stereocenters. The van der Waals surface area contributed by atoms with Crippen molar-refractivity contribution in [2.75, 3.05) is 40.4 Å². The maximum atomic E-state index is 6.01. The van der Waals surface area contributed by atoms with Crippen LogP contribution in [0, 0.1) is 0 Å². The Morgan fingerprint density at radius 3 is 2.55 bits per heavy atom. The number of piperidine rings is 1. The van der Waals surface area contributed by atoms with Crippen molar-refractivity contribution >= 4 is 29.9 Å². The average molecular weight is 419 g/mol. The van der Waals surface area contributed by atoms with Crippen LogP contribution in [0.2, 0.25) is 0 Å². The summed E-state index contributed by atoms with van der Waals surface area (Å²) in [6.07, 6.45) is 2.32. The Morgan fingerprint density at radius 1 is 1.27 bits per heavy atom. The fourth-order valence-corrected chi connectivity index (χ4v) is 2.47. The van der Waals surface area contributed by atoms with E-state index < -0.39 is 0 Å². The predicted molar refractivity (Wildman–Crippen MR) is 100 cm³/mol. The van der Waals surface area contributed by atoms with Gasteiger partial charge in [-0.1, -0.05) is 18.2 Å². The lowest BCUT2D eigenvalue weighted by Crippen LogP contribution is -2.48. The summed E-state index contributed by atoms with van der Waals surface area (Å²) in [5.74, 6) is 1.91. The molecular formula is C16H26IN3O2. The molecule has 1 N–H and O–H groups in total. The molecule has 0 unspecified atom stereocenters. The Bertz CT molecular complexity index is 434. The SMILES string of the molecule is CN=C(NCCOC)N1CCC(Oc2ccccc2)CC1.I. The van der Waals surface area contributed by atoms with Crippen molar-refractivity contribution in [3.8, 4) is 5.75 Å². The zero-order chi connectivity index (χ0) is 14.9. The molecule has 0 aliphatic carbocycles. The van der Waals surface area contributed by atoms with E-state index in [-0.39, 0.29) is 24.0 Å². The van der Waals surface area contributed by atoms with Crippen molar-refractivity contribution in [3.05, 3.63) is 30.3 Å². The molecule has 6 heteroatoms. The molecule has 0 bridgehead atoms. The number of nitrogens with zero attached hydrogens (tertiary/aromatic N) is 2. The second-order valence-electron chi connectivity index (χ2n) is 5.08. The van der Waals surface area contributed by atoms with Crippen molar-refractivity contribution in [1.29, 1.82) is 0 Å². The third kappa shape index (κ3) is 6.00. The fourth-order valence-electron chi connectivity index (χ4n) is 2.47. The number of aliphatic imine (C=N–C) groups is 1. The second kappa shape index (κ2) is 10.7. The van der Waals surface area contributed by atoms with E-state index in [4.69, 9.17) is 9.47 Å². The van der Waals surface area contributed by atoms with Gasteiger partial charge < -0.3 is 19.7 Å². The monoisotopic (exact) mass is 419 g/mol. The number of benzene rings is 1. The number of hydrogen-bond donors (Lipinski definition) is 1. The molecule has 0 radical (unpaired) electrons. The van der Waals surface area contributed by atoms with Crippen LogP contribution in [0.3, 0.4) is 0 Å². The van der Waals surface area contributed by atoms with Gasteiger partial charge in [0.2, 0.25) is 0 Å². The van der Waals surface area contributed by atoms with Crippen LogP contribution in [0.5, 0.6) is 5.75 Å². The normalized spacial score (nSPS) is 16.1. The Hall–Kier alpha value is -1.02. The molecule has 124 valence electrons. The number of rotatable bonds is 5. The smallest absolute Gasteiger partial charge is 0.193 e. The number of hydrogen-bond acceptors (Lipinski definition) is 3. The highest BCUT2D eigenvalue weighted by Gasteiger charge is 2.22. The highest BCUT2D eigenvalue weighted by atomic mass is 127. The summed E-state index contributed by atoms with van der Waals surface area (Å²) in [7, 11) is 3.53. The third-order valence-corrected chi connectivity index (χ3v) is 3.59. The zero-order valence-electron chi connectivity index (χ0n) is 13.3. The quantitative estimate of drug-likeness (QED) is 0.345. The van der Waals surface area contributed by atoms with E-state index in [1.807, 2.05) is 37.4 Å². The van der Waals surface area contributed by atoms with E-state index in [0.29, 0.717) is 12.7 Å². The van der Waals surface area contributed by atoms with Crippen LogP contribution in [0.15, 0.2) is 35.3 Å². The maximum absolute atomic E-state index is 6.01. The van der Waals surface area contributed by atoms with Crippen molar-refractivity contribution in [1.82, 2.24) is 10.2 Å². The van der Waals surface area contributed by atoms with Gasteiger partial charge in [0.25, 0.3) is 0 Å². The first kappa shape index (κ1) is 19.0. The van der Waals surface area contributed by atoms with Gasteiger partial charge in [-0.25, -0.2) is 0 Å². The molecule has 2 rings (SSSR count). The van der Waals surface area contributed by atoms with Gasteiger partial charge in [0.1, 0.15) is 11.9 Å². The molecule has 0 amide bonds. The summed E-state index contributed by atoms with van der Waals surface area (Å²) in [6, 6.07) is 10.0. The summed E-state index contributed by atoms with van der Waals surface area (Å²) >= 11 is 0. The molecule has 1 aliphatic rings. The van der Waals surface area contributed by atoms with E-state index in [9.17, 15) is 0 Å². The van der Waals surface area contributed by atoms with Crippen LogP contribution in [0.4, 0.5) is 0 Å². The van der Waals surface area contributed by atoms with Gasteiger partial charge in [0.15, 0.2) is 5.96 Å². The molecule has 1 aromatic rings. The molecule has 1 heterocycles. The second-order valence-corrected chi connectivity index (χ2v) is 5.08. The molecule has 0 saturated carbocycles. The third-order valence-electron chi connectivity index (χ3n) is 3.59. The summed E-state index contributed by atoms with van der Waals surface area (Å²) in [4.78, 5) is 6.61. The number of para-hydroxylation sites is 1. The summed E-state index contributed by atoms with van der Waals surface area (Å²) < 4.78 is 11.1. The van der Waals surface area contributed by atoms with Gasteiger partial charge in [-0.15, -0.1) is 24.0 Å². The van der Waals surface area contributed by atoms with Crippen LogP contribution in [-0.2, 0) is 4.74 Å². The minimum Gasteiger partial charge on any atom is -0.490 e. The Labute approximate surface area is 150 Å². The first-order valence-electron chi connectivity index (χ1n) is 7.49. The van der Waals surface area contributed by atoms with E-state index in [2.05, 4.69) is 15.2 Å². The van der Waals surface area contributed by atoms with Gasteiger partial charge in [0.05, 0.1) is 6.61 Å². The number of ether oxygens (including phenoxy) is 2. The van der Waals surface area contributed by atoms with Crippen LogP contribution >= 0.6 is 24.0 Å². The number of nitrogens with one attached hydrogen (secondary N) is 1. The first-order chi connectivity index (χ1) is 10.3. The number of halogens is 1. The van der Waals surface area contributed by atoms with Crippen molar-refractivity contribution in [3.63, 3.8) is 0 Å². The summed E-state index contributed by atoms with van der Waals surface area (Å²) in [6.45, 7) is 3.39. The number of methoxy groups -OCH3 is 1. The fraction of sp³-hybridized carbons (Fsp3) is 0.562. The van der Waals surface area contributed by atoms with E-state index >= 15 is 0 Å². The van der Waals surface area contributed by atoms with Crippen molar-refractivity contribution in [2.45, 2.75) is 18.9 Å². The molecular weight excluding hydrogens is 393 g/mol. The van der Waals surface area contributed by atoms with Gasteiger partial charge in [0, 0.05) is 46.6 Å². The lowest BCUT2D eigenvalue weighted by Gasteiger charge is -2.34. The van der Waals surface area contributed by atoms with E-state index in [0.717, 1.165) is 44.2 Å². The minimum absolute atomic E-state index is 0. The van der Waals surface area contributed by atoms with Gasteiger partial charge in [-0.3, -0.25) is 4.99 Å². The van der Waals surface area contributed by atoms with Crippen LogP contribution < -0.4 is 10.1 Å². The lowest BCUT2D eigenvalue weighted by atomic mass is 10.1. The molecule has 0 aromatic heterocycles. The van der Waals surface area contributed by atoms with Crippen molar-refractivity contribution in [2.24, 2.45) is 4.99 Å². The Balaban J connectivity index is 0.00000242. The summed E-state index contributed by atoms with van der Waals surface area (Å²) in [5.41, 5.74) is 0. The Morgan fingerprint density at radius 2 is 1.95 bits per heavy atom. The molecule has 1 fully saturated rings. The predicted octanol–water partition coefficient (Wildman–Crippen LogP) is 2.37. The van der Waals surface area contributed by atoms with Crippen LogP contribution in [0.1, 0.15) is 12.8 Å². The van der Waals surface area contributed by atoms with Crippen LogP contribution in [0.25, 0.3) is 0 Å². The average Bonchev–Trinajstić information content (AvgIpc) is 2.54.